The van der Waals surface area contributed by atoms with Crippen molar-refractivity contribution >= 4 is 17.5 Å². The maximum atomic E-state index is 14.6. The van der Waals surface area contributed by atoms with Gasteiger partial charge in [-0.15, -0.1) is 0 Å². The summed E-state index contributed by atoms with van der Waals surface area (Å²) in [4.78, 5) is 18.7. The summed E-state index contributed by atoms with van der Waals surface area (Å²) >= 11 is 0. The Morgan fingerprint density at radius 1 is 1.26 bits per heavy atom. The molecule has 0 bridgehead atoms. The summed E-state index contributed by atoms with van der Waals surface area (Å²) in [5.41, 5.74) is 1.56. The van der Waals surface area contributed by atoms with Crippen LogP contribution in [-0.4, -0.2) is 67.9 Å². The molecule has 12 heteroatoms. The Hall–Kier alpha value is -3.12. The highest BCUT2D eigenvalue weighted by atomic mass is 19.4. The summed E-state index contributed by atoms with van der Waals surface area (Å²) in [5, 5.41) is 13.6. The minimum Gasteiger partial charge on any atom is -0.475 e. The largest absolute Gasteiger partial charge is 0.475 e. The summed E-state index contributed by atoms with van der Waals surface area (Å²) in [6.45, 7) is 5.02. The van der Waals surface area contributed by atoms with E-state index in [1.807, 2.05) is 4.90 Å². The van der Waals surface area contributed by atoms with E-state index in [-0.39, 0.29) is 24.8 Å². The zero-order valence-electron chi connectivity index (χ0n) is 19.4. The summed E-state index contributed by atoms with van der Waals surface area (Å²) in [7, 11) is 0. The predicted octanol–water partition coefficient (Wildman–Crippen LogP) is 3.87. The van der Waals surface area contributed by atoms with E-state index in [0.29, 0.717) is 48.8 Å². The smallest absolute Gasteiger partial charge is 0.391 e. The molecule has 2 amide bonds. The molecule has 0 spiro atoms. The van der Waals surface area contributed by atoms with Crippen LogP contribution in [0.1, 0.15) is 18.9 Å². The number of pyridine rings is 1. The number of ether oxygens (including phenoxy) is 2. The monoisotopic (exact) mass is 500 g/mol. The molecule has 1 saturated heterocycles. The summed E-state index contributed by atoms with van der Waals surface area (Å²) < 4.78 is 63.1. The molecule has 192 valence electrons. The number of morpholine rings is 1. The molecule has 8 nitrogen and oxygen atoms in total. The minimum atomic E-state index is -4.44. The molecule has 2 heterocycles. The second kappa shape index (κ2) is 11.5. The van der Waals surface area contributed by atoms with Crippen molar-refractivity contribution in [3.63, 3.8) is 0 Å². The SMILES string of the molecule is Cc1cc(F)c(NC(=O)NC(C)CC(F)(F)F)cc1-c1cc(OCCO)nc(N2CCOCC2)c1. The van der Waals surface area contributed by atoms with Crippen LogP contribution in [0, 0.1) is 12.7 Å². The zero-order valence-corrected chi connectivity index (χ0v) is 19.4. The molecule has 1 aliphatic rings. The molecule has 0 radical (unpaired) electrons. The fourth-order valence-corrected chi connectivity index (χ4v) is 3.69. The Labute approximate surface area is 200 Å². The highest BCUT2D eigenvalue weighted by Crippen LogP contribution is 2.33. The number of urea groups is 1. The van der Waals surface area contributed by atoms with Crippen molar-refractivity contribution in [2.45, 2.75) is 32.5 Å². The highest BCUT2D eigenvalue weighted by molar-refractivity contribution is 5.91. The summed E-state index contributed by atoms with van der Waals surface area (Å²) in [6, 6.07) is 3.93. The van der Waals surface area contributed by atoms with Gasteiger partial charge in [-0.1, -0.05) is 0 Å². The zero-order chi connectivity index (χ0) is 25.6. The average Bonchev–Trinajstić information content (AvgIpc) is 2.78. The lowest BCUT2D eigenvalue weighted by molar-refractivity contribution is -0.138. The van der Waals surface area contributed by atoms with Gasteiger partial charge in [0.2, 0.25) is 5.88 Å². The Morgan fingerprint density at radius 3 is 2.63 bits per heavy atom. The quantitative estimate of drug-likeness (QED) is 0.477. The molecule has 0 aliphatic carbocycles. The molecular formula is C23H28F4N4O4. The molecule has 1 aromatic heterocycles. The van der Waals surface area contributed by atoms with Crippen molar-refractivity contribution in [1.29, 1.82) is 0 Å². The number of anilines is 2. The van der Waals surface area contributed by atoms with E-state index in [2.05, 4.69) is 15.6 Å². The first kappa shape index (κ1) is 26.5. The van der Waals surface area contributed by atoms with Gasteiger partial charge < -0.3 is 30.1 Å². The van der Waals surface area contributed by atoms with Crippen LogP contribution in [0.2, 0.25) is 0 Å². The lowest BCUT2D eigenvalue weighted by Crippen LogP contribution is -2.38. The van der Waals surface area contributed by atoms with Crippen LogP contribution in [0.3, 0.4) is 0 Å². The number of benzene rings is 1. The minimum absolute atomic E-state index is 0.0322. The molecule has 1 unspecified atom stereocenters. The molecule has 1 aliphatic heterocycles. The maximum Gasteiger partial charge on any atom is 0.391 e. The van der Waals surface area contributed by atoms with Gasteiger partial charge in [0.15, 0.2) is 0 Å². The van der Waals surface area contributed by atoms with E-state index < -0.39 is 30.5 Å². The van der Waals surface area contributed by atoms with Crippen LogP contribution in [0.5, 0.6) is 5.88 Å². The maximum absolute atomic E-state index is 14.6. The van der Waals surface area contributed by atoms with E-state index in [0.717, 1.165) is 0 Å². The first-order valence-electron chi connectivity index (χ1n) is 11.1. The second-order valence-corrected chi connectivity index (χ2v) is 8.19. The third kappa shape index (κ3) is 7.69. The van der Waals surface area contributed by atoms with E-state index in [1.54, 1.807) is 19.1 Å². The fraction of sp³-hybridized carbons (Fsp3) is 0.478. The molecule has 35 heavy (non-hydrogen) atoms. The van der Waals surface area contributed by atoms with Crippen LogP contribution in [0.15, 0.2) is 24.3 Å². The molecule has 0 saturated carbocycles. The van der Waals surface area contributed by atoms with Gasteiger partial charge in [-0.2, -0.15) is 18.2 Å². The number of aryl methyl sites for hydroxylation is 1. The van der Waals surface area contributed by atoms with Gasteiger partial charge in [0.25, 0.3) is 0 Å². The summed E-state index contributed by atoms with van der Waals surface area (Å²) in [6.07, 6.45) is -5.65. The Balaban J connectivity index is 1.89. The van der Waals surface area contributed by atoms with Crippen molar-refractivity contribution < 1.29 is 36.9 Å². The van der Waals surface area contributed by atoms with E-state index in [1.165, 1.54) is 19.1 Å². The van der Waals surface area contributed by atoms with Gasteiger partial charge in [0.05, 0.1) is 31.9 Å². The topological polar surface area (TPSA) is 96.0 Å². The van der Waals surface area contributed by atoms with Gasteiger partial charge in [-0.05, 0) is 48.7 Å². The van der Waals surface area contributed by atoms with Crippen molar-refractivity contribution in [1.82, 2.24) is 10.3 Å². The van der Waals surface area contributed by atoms with Crippen molar-refractivity contribution in [3.8, 4) is 17.0 Å². The number of hydrogen-bond donors (Lipinski definition) is 3. The first-order chi connectivity index (χ1) is 16.6. The Morgan fingerprint density at radius 2 is 1.97 bits per heavy atom. The molecule has 3 rings (SSSR count). The van der Waals surface area contributed by atoms with Crippen LogP contribution in [-0.2, 0) is 4.74 Å². The number of nitrogens with zero attached hydrogens (tertiary/aromatic N) is 2. The number of carbonyl (C=O) groups excluding carboxylic acids is 1. The van der Waals surface area contributed by atoms with Crippen LogP contribution >= 0.6 is 0 Å². The standard InChI is InChI=1S/C23H28F4N4O4/c1-14-9-18(24)19(29-22(33)28-15(2)13-23(25,26)27)12-17(14)16-10-20(31-3-6-34-7-4-31)30-21(11-16)35-8-5-32/h9-12,15,32H,3-8,13H2,1-2H3,(H2,28,29,33). The van der Waals surface area contributed by atoms with Gasteiger partial charge in [0, 0.05) is 25.2 Å². The number of halogens is 4. The third-order valence-electron chi connectivity index (χ3n) is 5.25. The van der Waals surface area contributed by atoms with Crippen molar-refractivity contribution in [2.24, 2.45) is 0 Å². The number of alkyl halides is 3. The Bertz CT molecular complexity index is 1030. The lowest BCUT2D eigenvalue weighted by atomic mass is 10.00. The van der Waals surface area contributed by atoms with Crippen LogP contribution in [0.25, 0.3) is 11.1 Å². The van der Waals surface area contributed by atoms with Crippen molar-refractivity contribution in [3.05, 3.63) is 35.6 Å². The average molecular weight is 500 g/mol. The first-order valence-corrected chi connectivity index (χ1v) is 11.1. The number of aliphatic hydroxyl groups is 1. The lowest BCUT2D eigenvalue weighted by Gasteiger charge is -2.28. The van der Waals surface area contributed by atoms with Crippen molar-refractivity contribution in [2.75, 3.05) is 49.7 Å². The predicted molar refractivity (Wildman–Crippen MR) is 122 cm³/mol. The van der Waals surface area contributed by atoms with E-state index in [4.69, 9.17) is 14.6 Å². The van der Waals surface area contributed by atoms with Crippen LogP contribution in [0.4, 0.5) is 33.9 Å². The number of nitrogens with one attached hydrogen (secondary N) is 2. The number of hydrogen-bond acceptors (Lipinski definition) is 6. The molecule has 1 fully saturated rings. The molecule has 1 aromatic carbocycles. The number of amides is 2. The summed E-state index contributed by atoms with van der Waals surface area (Å²) in [5.74, 6) is 0.134. The van der Waals surface area contributed by atoms with Gasteiger partial charge in [0.1, 0.15) is 18.2 Å². The molecule has 3 N–H and O–H groups in total. The molecule has 2 aromatic rings. The highest BCUT2D eigenvalue weighted by Gasteiger charge is 2.30. The Kier molecular flexibility index (Phi) is 8.73. The van der Waals surface area contributed by atoms with Crippen LogP contribution < -0.4 is 20.3 Å². The fourth-order valence-electron chi connectivity index (χ4n) is 3.69. The van der Waals surface area contributed by atoms with E-state index >= 15 is 0 Å². The normalized spacial score (nSPS) is 15.0. The second-order valence-electron chi connectivity index (χ2n) is 8.19. The van der Waals surface area contributed by atoms with Gasteiger partial charge in [-0.3, -0.25) is 0 Å². The number of rotatable bonds is 8. The number of aromatic nitrogens is 1. The molecular weight excluding hydrogens is 472 g/mol. The number of aliphatic hydroxyl groups excluding tert-OH is 1. The third-order valence-corrected chi connectivity index (χ3v) is 5.25. The van der Waals surface area contributed by atoms with E-state index in [9.17, 15) is 22.4 Å². The number of carbonyl (C=O) groups is 1. The van der Waals surface area contributed by atoms with Gasteiger partial charge in [-0.25, -0.2) is 9.18 Å². The van der Waals surface area contributed by atoms with Gasteiger partial charge >= 0.3 is 12.2 Å². The molecule has 1 atom stereocenters.